The Balaban J connectivity index is 1.83. The predicted molar refractivity (Wildman–Crippen MR) is 95.6 cm³/mol. The largest absolute Gasteiger partial charge is 0.491 e. The van der Waals surface area contributed by atoms with Crippen LogP contribution in [-0.4, -0.2) is 6.61 Å². The summed E-state index contributed by atoms with van der Waals surface area (Å²) in [6, 6.07) is 3.30. The van der Waals surface area contributed by atoms with Crippen LogP contribution >= 0.6 is 0 Å². The fourth-order valence-corrected chi connectivity index (χ4v) is 3.93. The Morgan fingerprint density at radius 2 is 1.62 bits per heavy atom. The summed E-state index contributed by atoms with van der Waals surface area (Å²) in [5, 5.41) is 0. The second-order valence-electron chi connectivity index (χ2n) is 7.13. The molecule has 0 atom stereocenters. The molecule has 1 aromatic rings. The number of rotatable bonds is 9. The molecule has 0 bridgehead atoms. The van der Waals surface area contributed by atoms with Gasteiger partial charge in [-0.2, -0.15) is 4.39 Å². The first-order valence-electron chi connectivity index (χ1n) is 9.78. The molecule has 1 aliphatic carbocycles. The summed E-state index contributed by atoms with van der Waals surface area (Å²) in [4.78, 5) is 0. The van der Waals surface area contributed by atoms with E-state index in [1.54, 1.807) is 19.1 Å². The summed E-state index contributed by atoms with van der Waals surface area (Å²) in [5.41, 5.74) is 0.539. The van der Waals surface area contributed by atoms with Crippen molar-refractivity contribution in [2.45, 2.75) is 84.0 Å². The molecule has 0 N–H and O–H groups in total. The average molecular weight is 338 g/mol. The highest BCUT2D eigenvalue weighted by Crippen LogP contribution is 2.40. The molecule has 2 rings (SSSR count). The lowest BCUT2D eigenvalue weighted by Gasteiger charge is -2.29. The minimum atomic E-state index is -0.826. The number of hydrogen-bond donors (Lipinski definition) is 0. The second kappa shape index (κ2) is 10.0. The van der Waals surface area contributed by atoms with E-state index in [0.29, 0.717) is 12.2 Å². The van der Waals surface area contributed by atoms with E-state index in [-0.39, 0.29) is 11.7 Å². The van der Waals surface area contributed by atoms with Gasteiger partial charge >= 0.3 is 0 Å². The first-order chi connectivity index (χ1) is 11.7. The molecule has 0 radical (unpaired) electrons. The van der Waals surface area contributed by atoms with Crippen molar-refractivity contribution >= 4 is 0 Å². The zero-order valence-electron chi connectivity index (χ0n) is 15.3. The summed E-state index contributed by atoms with van der Waals surface area (Å²) >= 11 is 0. The molecule has 0 aliphatic heterocycles. The van der Waals surface area contributed by atoms with Crippen molar-refractivity contribution in [1.29, 1.82) is 0 Å². The maximum absolute atomic E-state index is 14.3. The Hall–Kier alpha value is -1.12. The lowest BCUT2D eigenvalue weighted by Crippen LogP contribution is -2.15. The van der Waals surface area contributed by atoms with Crippen molar-refractivity contribution in [2.24, 2.45) is 5.92 Å². The van der Waals surface area contributed by atoms with Gasteiger partial charge in [0.1, 0.15) is 0 Å². The van der Waals surface area contributed by atoms with Gasteiger partial charge in [0, 0.05) is 0 Å². The normalized spacial score (nSPS) is 21.0. The van der Waals surface area contributed by atoms with Gasteiger partial charge in [-0.25, -0.2) is 4.39 Å². The molecule has 1 fully saturated rings. The molecule has 1 nitrogen and oxygen atoms in total. The van der Waals surface area contributed by atoms with Gasteiger partial charge in [-0.15, -0.1) is 0 Å². The molecule has 136 valence electrons. The summed E-state index contributed by atoms with van der Waals surface area (Å²) in [7, 11) is 0. The van der Waals surface area contributed by atoms with Crippen LogP contribution < -0.4 is 4.74 Å². The van der Waals surface area contributed by atoms with Crippen LogP contribution in [-0.2, 0) is 0 Å². The fourth-order valence-electron chi connectivity index (χ4n) is 3.93. The first-order valence-corrected chi connectivity index (χ1v) is 9.78. The van der Waals surface area contributed by atoms with Crippen molar-refractivity contribution in [3.8, 4) is 5.75 Å². The molecular formula is C21H32F2O. The minimum Gasteiger partial charge on any atom is -0.491 e. The molecule has 0 heterocycles. The van der Waals surface area contributed by atoms with Crippen molar-refractivity contribution < 1.29 is 13.5 Å². The van der Waals surface area contributed by atoms with Gasteiger partial charge in [-0.3, -0.25) is 0 Å². The fraction of sp³-hybridized carbons (Fsp3) is 0.714. The van der Waals surface area contributed by atoms with Gasteiger partial charge in [0.25, 0.3) is 0 Å². The lowest BCUT2D eigenvalue weighted by atomic mass is 9.77. The summed E-state index contributed by atoms with van der Waals surface area (Å²) in [6.45, 7) is 4.36. The van der Waals surface area contributed by atoms with E-state index in [0.717, 1.165) is 31.6 Å². The van der Waals surface area contributed by atoms with Crippen LogP contribution in [0.3, 0.4) is 0 Å². The van der Waals surface area contributed by atoms with Gasteiger partial charge < -0.3 is 4.74 Å². The Kier molecular flexibility index (Phi) is 8.01. The van der Waals surface area contributed by atoms with Crippen LogP contribution in [0, 0.1) is 17.6 Å². The predicted octanol–water partition coefficient (Wildman–Crippen LogP) is 7.00. The van der Waals surface area contributed by atoms with Gasteiger partial charge in [-0.05, 0) is 56.1 Å². The van der Waals surface area contributed by atoms with E-state index in [1.807, 2.05) is 0 Å². The molecule has 24 heavy (non-hydrogen) atoms. The SMILES string of the molecule is CCCCCCCC1CCC(c2ccc(OCC)c(F)c2F)CC1. The van der Waals surface area contributed by atoms with E-state index in [1.165, 1.54) is 38.5 Å². The minimum absolute atomic E-state index is 0.0273. The summed E-state index contributed by atoms with van der Waals surface area (Å²) < 4.78 is 33.5. The molecule has 0 amide bonds. The lowest BCUT2D eigenvalue weighted by molar-refractivity contribution is 0.291. The van der Waals surface area contributed by atoms with E-state index in [4.69, 9.17) is 4.74 Å². The molecule has 0 aromatic heterocycles. The topological polar surface area (TPSA) is 9.23 Å². The van der Waals surface area contributed by atoms with E-state index < -0.39 is 11.6 Å². The van der Waals surface area contributed by atoms with Crippen LogP contribution in [0.1, 0.15) is 89.5 Å². The van der Waals surface area contributed by atoms with Gasteiger partial charge in [0.05, 0.1) is 6.61 Å². The highest BCUT2D eigenvalue weighted by molar-refractivity contribution is 5.33. The van der Waals surface area contributed by atoms with E-state index >= 15 is 0 Å². The maximum Gasteiger partial charge on any atom is 0.200 e. The zero-order valence-corrected chi connectivity index (χ0v) is 15.3. The number of halogens is 2. The second-order valence-corrected chi connectivity index (χ2v) is 7.13. The van der Waals surface area contributed by atoms with Crippen LogP contribution in [0.25, 0.3) is 0 Å². The molecule has 3 heteroatoms. The molecule has 0 unspecified atom stereocenters. The average Bonchev–Trinajstić information content (AvgIpc) is 2.60. The zero-order chi connectivity index (χ0) is 17.4. The standard InChI is InChI=1S/C21H32F2O/c1-3-5-6-7-8-9-16-10-12-17(13-11-16)18-14-15-19(24-4-2)21(23)20(18)22/h14-17H,3-13H2,1-2H3. The Morgan fingerprint density at radius 1 is 0.917 bits per heavy atom. The van der Waals surface area contributed by atoms with Crippen LogP contribution in [0.4, 0.5) is 8.78 Å². The monoisotopic (exact) mass is 338 g/mol. The third kappa shape index (κ3) is 5.19. The van der Waals surface area contributed by atoms with Crippen molar-refractivity contribution in [3.63, 3.8) is 0 Å². The highest BCUT2D eigenvalue weighted by atomic mass is 19.2. The molecular weight excluding hydrogens is 306 g/mol. The number of unbranched alkanes of at least 4 members (excludes halogenated alkanes) is 4. The molecule has 0 saturated heterocycles. The van der Waals surface area contributed by atoms with Crippen molar-refractivity contribution in [3.05, 3.63) is 29.3 Å². The van der Waals surface area contributed by atoms with Crippen molar-refractivity contribution in [1.82, 2.24) is 0 Å². The summed E-state index contributed by atoms with van der Waals surface area (Å²) in [5.74, 6) is -0.569. The van der Waals surface area contributed by atoms with E-state index in [9.17, 15) is 8.78 Å². The molecule has 1 aliphatic rings. The smallest absolute Gasteiger partial charge is 0.200 e. The van der Waals surface area contributed by atoms with Crippen LogP contribution in [0.5, 0.6) is 5.75 Å². The van der Waals surface area contributed by atoms with Gasteiger partial charge in [0.15, 0.2) is 11.6 Å². The molecule has 1 aromatic carbocycles. The number of hydrogen-bond acceptors (Lipinski definition) is 1. The maximum atomic E-state index is 14.3. The molecule has 0 spiro atoms. The first kappa shape index (κ1) is 19.2. The third-order valence-electron chi connectivity index (χ3n) is 5.38. The number of ether oxygens (including phenoxy) is 1. The van der Waals surface area contributed by atoms with Gasteiger partial charge in [0.2, 0.25) is 5.82 Å². The summed E-state index contributed by atoms with van der Waals surface area (Å²) in [6.07, 6.45) is 12.2. The van der Waals surface area contributed by atoms with E-state index in [2.05, 4.69) is 6.92 Å². The van der Waals surface area contributed by atoms with Crippen LogP contribution in [0.15, 0.2) is 12.1 Å². The van der Waals surface area contributed by atoms with Crippen molar-refractivity contribution in [2.75, 3.05) is 6.61 Å². The molecule has 1 saturated carbocycles. The Morgan fingerprint density at radius 3 is 2.29 bits per heavy atom. The third-order valence-corrected chi connectivity index (χ3v) is 5.38. The quantitative estimate of drug-likeness (QED) is 0.440. The van der Waals surface area contributed by atoms with Crippen LogP contribution in [0.2, 0.25) is 0 Å². The Bertz CT molecular complexity index is 493. The highest BCUT2D eigenvalue weighted by Gasteiger charge is 2.26. The number of benzene rings is 1. The Labute approximate surface area is 145 Å². The van der Waals surface area contributed by atoms with Gasteiger partial charge in [-0.1, -0.05) is 51.5 Å².